The number of thiophene rings is 1. The first-order chi connectivity index (χ1) is 8.76. The number of nitrogens with zero attached hydrogens (tertiary/aromatic N) is 1. The topological polar surface area (TPSA) is 49.9 Å². The van der Waals surface area contributed by atoms with Crippen molar-refractivity contribution in [2.75, 3.05) is 13.7 Å². The number of H-pyrrole nitrogens is 1. The van der Waals surface area contributed by atoms with Gasteiger partial charge in [0.05, 0.1) is 28.9 Å². The van der Waals surface area contributed by atoms with Crippen LogP contribution in [0.15, 0.2) is 18.3 Å². The molecule has 2 N–H and O–H groups in total. The summed E-state index contributed by atoms with van der Waals surface area (Å²) in [6.45, 7) is 3.02. The molecule has 18 heavy (non-hydrogen) atoms. The van der Waals surface area contributed by atoms with Gasteiger partial charge in [-0.05, 0) is 25.5 Å². The average Bonchev–Trinajstić information content (AvgIpc) is 3.07. The van der Waals surface area contributed by atoms with E-state index in [1.165, 1.54) is 9.75 Å². The molecule has 1 fully saturated rings. The van der Waals surface area contributed by atoms with Gasteiger partial charge in [-0.2, -0.15) is 0 Å². The third-order valence-electron chi connectivity index (χ3n) is 3.36. The van der Waals surface area contributed by atoms with Crippen LogP contribution in [0.4, 0.5) is 0 Å². The third kappa shape index (κ3) is 2.21. The summed E-state index contributed by atoms with van der Waals surface area (Å²) in [6, 6.07) is 4.55. The average molecular weight is 263 g/mol. The maximum absolute atomic E-state index is 5.36. The van der Waals surface area contributed by atoms with E-state index in [-0.39, 0.29) is 6.04 Å². The summed E-state index contributed by atoms with van der Waals surface area (Å²) < 4.78 is 5.36. The number of imidazole rings is 1. The Labute approximate surface area is 110 Å². The van der Waals surface area contributed by atoms with Crippen LogP contribution in [0.25, 0.3) is 10.6 Å². The van der Waals surface area contributed by atoms with Crippen LogP contribution in [0.2, 0.25) is 0 Å². The molecular weight excluding hydrogens is 246 g/mol. The third-order valence-corrected chi connectivity index (χ3v) is 4.39. The van der Waals surface area contributed by atoms with E-state index in [0.29, 0.717) is 6.10 Å². The SMILES string of the molecule is COC1CNC(c2ncc(-c3ccc(C)s3)[nH]2)C1. The van der Waals surface area contributed by atoms with Gasteiger partial charge in [-0.3, -0.25) is 0 Å². The molecule has 1 saturated heterocycles. The highest BCUT2D eigenvalue weighted by atomic mass is 32.1. The number of hydrogen-bond donors (Lipinski definition) is 2. The lowest BCUT2D eigenvalue weighted by atomic mass is 10.2. The summed E-state index contributed by atoms with van der Waals surface area (Å²) in [5, 5.41) is 3.43. The second-order valence-electron chi connectivity index (χ2n) is 4.65. The maximum Gasteiger partial charge on any atom is 0.123 e. The highest BCUT2D eigenvalue weighted by molar-refractivity contribution is 7.15. The summed E-state index contributed by atoms with van der Waals surface area (Å²) in [6.07, 6.45) is 3.20. The Morgan fingerprint density at radius 2 is 2.33 bits per heavy atom. The first-order valence-corrected chi connectivity index (χ1v) is 6.96. The smallest absolute Gasteiger partial charge is 0.123 e. The van der Waals surface area contributed by atoms with Gasteiger partial charge >= 0.3 is 0 Å². The normalized spacial score (nSPS) is 23.7. The van der Waals surface area contributed by atoms with Gasteiger partial charge in [-0.25, -0.2) is 4.98 Å². The van der Waals surface area contributed by atoms with Crippen molar-refractivity contribution in [3.63, 3.8) is 0 Å². The molecule has 2 aromatic heterocycles. The van der Waals surface area contributed by atoms with Gasteiger partial charge < -0.3 is 15.0 Å². The van der Waals surface area contributed by atoms with Crippen LogP contribution in [0, 0.1) is 6.92 Å². The van der Waals surface area contributed by atoms with E-state index in [0.717, 1.165) is 24.5 Å². The first-order valence-electron chi connectivity index (χ1n) is 6.14. The predicted molar refractivity (Wildman–Crippen MR) is 72.8 cm³/mol. The minimum absolute atomic E-state index is 0.282. The van der Waals surface area contributed by atoms with Crippen molar-refractivity contribution in [3.8, 4) is 10.6 Å². The summed E-state index contributed by atoms with van der Waals surface area (Å²) in [4.78, 5) is 10.5. The molecular formula is C13H17N3OS. The lowest BCUT2D eigenvalue weighted by Gasteiger charge is -2.06. The van der Waals surface area contributed by atoms with Gasteiger partial charge in [0.1, 0.15) is 5.82 Å². The van der Waals surface area contributed by atoms with Gasteiger partial charge in [0.15, 0.2) is 0 Å². The van der Waals surface area contributed by atoms with Crippen molar-refractivity contribution in [1.29, 1.82) is 0 Å². The van der Waals surface area contributed by atoms with Crippen molar-refractivity contribution < 1.29 is 4.74 Å². The van der Waals surface area contributed by atoms with Crippen LogP contribution in [0.5, 0.6) is 0 Å². The van der Waals surface area contributed by atoms with E-state index in [1.54, 1.807) is 18.4 Å². The summed E-state index contributed by atoms with van der Waals surface area (Å²) in [5.41, 5.74) is 1.10. The van der Waals surface area contributed by atoms with Crippen LogP contribution in [0.1, 0.15) is 23.2 Å². The fourth-order valence-corrected chi connectivity index (χ4v) is 3.14. The number of aromatic nitrogens is 2. The number of methoxy groups -OCH3 is 1. The molecule has 1 aliphatic heterocycles. The van der Waals surface area contributed by atoms with Crippen molar-refractivity contribution in [2.24, 2.45) is 0 Å². The number of nitrogens with one attached hydrogen (secondary N) is 2. The van der Waals surface area contributed by atoms with Crippen molar-refractivity contribution >= 4 is 11.3 Å². The predicted octanol–water partition coefficient (Wildman–Crippen LogP) is 2.50. The second-order valence-corrected chi connectivity index (χ2v) is 5.93. The molecule has 4 nitrogen and oxygen atoms in total. The van der Waals surface area contributed by atoms with E-state index >= 15 is 0 Å². The lowest BCUT2D eigenvalue weighted by molar-refractivity contribution is 0.117. The molecule has 2 aromatic rings. The van der Waals surface area contributed by atoms with Crippen LogP contribution >= 0.6 is 11.3 Å². The standard InChI is InChI=1S/C13H17N3OS/c1-8-3-4-12(18-8)11-7-15-13(16-11)10-5-9(17-2)6-14-10/h3-4,7,9-10,14H,5-6H2,1-2H3,(H,15,16). The summed E-state index contributed by atoms with van der Waals surface area (Å²) in [7, 11) is 1.76. The number of aromatic amines is 1. The monoisotopic (exact) mass is 263 g/mol. The van der Waals surface area contributed by atoms with Gasteiger partial charge in [0, 0.05) is 18.5 Å². The Morgan fingerprint density at radius 1 is 1.44 bits per heavy atom. The van der Waals surface area contributed by atoms with Crippen molar-refractivity contribution in [1.82, 2.24) is 15.3 Å². The molecule has 0 bridgehead atoms. The zero-order valence-corrected chi connectivity index (χ0v) is 11.4. The summed E-state index contributed by atoms with van der Waals surface area (Å²) in [5.74, 6) is 1.01. The number of hydrogen-bond acceptors (Lipinski definition) is 4. The van der Waals surface area contributed by atoms with Crippen molar-refractivity contribution in [3.05, 3.63) is 29.0 Å². The highest BCUT2D eigenvalue weighted by Gasteiger charge is 2.27. The van der Waals surface area contributed by atoms with E-state index in [2.05, 4.69) is 34.3 Å². The highest BCUT2D eigenvalue weighted by Crippen LogP contribution is 2.29. The molecule has 3 heterocycles. The molecule has 96 valence electrons. The Kier molecular flexibility index (Phi) is 3.20. The van der Waals surface area contributed by atoms with Gasteiger partial charge in [0.2, 0.25) is 0 Å². The fourth-order valence-electron chi connectivity index (χ4n) is 2.31. The van der Waals surface area contributed by atoms with Gasteiger partial charge in [-0.15, -0.1) is 11.3 Å². The first kappa shape index (κ1) is 11.9. The molecule has 2 unspecified atom stereocenters. The van der Waals surface area contributed by atoms with E-state index in [1.807, 2.05) is 6.20 Å². The van der Waals surface area contributed by atoms with Crippen LogP contribution < -0.4 is 5.32 Å². The molecule has 3 rings (SSSR count). The largest absolute Gasteiger partial charge is 0.380 e. The molecule has 5 heteroatoms. The van der Waals surface area contributed by atoms with Crippen LogP contribution in [0.3, 0.4) is 0 Å². The number of ether oxygens (including phenoxy) is 1. The Bertz CT molecular complexity index is 534. The Balaban J connectivity index is 1.78. The van der Waals surface area contributed by atoms with Crippen molar-refractivity contribution in [2.45, 2.75) is 25.5 Å². The molecule has 0 aliphatic carbocycles. The van der Waals surface area contributed by atoms with Gasteiger partial charge in [0.25, 0.3) is 0 Å². The zero-order valence-electron chi connectivity index (χ0n) is 10.6. The Hall–Kier alpha value is -1.17. The molecule has 0 amide bonds. The minimum atomic E-state index is 0.282. The van der Waals surface area contributed by atoms with Crippen LogP contribution in [-0.4, -0.2) is 29.7 Å². The molecule has 0 spiro atoms. The number of aryl methyl sites for hydroxylation is 1. The van der Waals surface area contributed by atoms with E-state index in [9.17, 15) is 0 Å². The van der Waals surface area contributed by atoms with Gasteiger partial charge in [-0.1, -0.05) is 0 Å². The zero-order chi connectivity index (χ0) is 12.5. The fraction of sp³-hybridized carbons (Fsp3) is 0.462. The second kappa shape index (κ2) is 4.84. The lowest BCUT2D eigenvalue weighted by Crippen LogP contribution is -2.16. The molecule has 0 aromatic carbocycles. The summed E-state index contributed by atoms with van der Waals surface area (Å²) >= 11 is 1.79. The van der Waals surface area contributed by atoms with Crippen LogP contribution in [-0.2, 0) is 4.74 Å². The number of rotatable bonds is 3. The maximum atomic E-state index is 5.36. The van der Waals surface area contributed by atoms with E-state index < -0.39 is 0 Å². The molecule has 2 atom stereocenters. The molecule has 0 saturated carbocycles. The minimum Gasteiger partial charge on any atom is -0.380 e. The molecule has 0 radical (unpaired) electrons. The van der Waals surface area contributed by atoms with E-state index in [4.69, 9.17) is 4.74 Å². The molecule has 1 aliphatic rings. The quantitative estimate of drug-likeness (QED) is 0.894. The Morgan fingerprint density at radius 3 is 3.00 bits per heavy atom.